The number of rotatable bonds is 4. The molecule has 0 bridgehead atoms. The predicted molar refractivity (Wildman–Crippen MR) is 87.3 cm³/mol. The second-order valence-corrected chi connectivity index (χ2v) is 6.36. The molecule has 0 spiro atoms. The summed E-state index contributed by atoms with van der Waals surface area (Å²) in [5.74, 6) is -0.359. The van der Waals surface area contributed by atoms with Crippen molar-refractivity contribution in [3.05, 3.63) is 51.5 Å². The molecule has 6 heteroatoms. The topological polar surface area (TPSA) is 49.0 Å². The summed E-state index contributed by atoms with van der Waals surface area (Å²) in [5.41, 5.74) is 1.67. The van der Waals surface area contributed by atoms with Gasteiger partial charge < -0.3 is 4.90 Å². The number of aromatic nitrogens is 2. The Hall–Kier alpha value is -1.69. The molecule has 2 rings (SSSR count). The monoisotopic (exact) mass is 367 g/mol. The van der Waals surface area contributed by atoms with Crippen LogP contribution in [0.5, 0.6) is 0 Å². The van der Waals surface area contributed by atoms with Crippen LogP contribution in [0.4, 0.5) is 4.39 Å². The minimum atomic E-state index is -0.389. The first-order valence-electron chi connectivity index (χ1n) is 7.10. The smallest absolute Gasteiger partial charge is 0.275 e. The second kappa shape index (κ2) is 6.60. The summed E-state index contributed by atoms with van der Waals surface area (Å²) in [6.07, 6.45) is 0. The van der Waals surface area contributed by atoms with E-state index in [2.05, 4.69) is 26.1 Å². The van der Waals surface area contributed by atoms with Gasteiger partial charge in [0, 0.05) is 12.6 Å². The maximum absolute atomic E-state index is 13.9. The zero-order valence-corrected chi connectivity index (χ0v) is 14.6. The summed E-state index contributed by atoms with van der Waals surface area (Å²) in [6, 6.07) is 6.08. The number of hydrogen-bond acceptors (Lipinski definition) is 2. The van der Waals surface area contributed by atoms with Crippen LogP contribution >= 0.6 is 15.9 Å². The van der Waals surface area contributed by atoms with Crippen LogP contribution in [0.3, 0.4) is 0 Å². The maximum atomic E-state index is 13.9. The average Bonchev–Trinajstić information content (AvgIpc) is 2.87. The van der Waals surface area contributed by atoms with Gasteiger partial charge in [-0.3, -0.25) is 9.89 Å². The normalized spacial score (nSPS) is 12.5. The van der Waals surface area contributed by atoms with Crippen molar-refractivity contribution in [1.82, 2.24) is 15.1 Å². The van der Waals surface area contributed by atoms with E-state index in [1.165, 1.54) is 11.0 Å². The fraction of sp³-hybridized carbons (Fsp3) is 0.375. The molecule has 118 valence electrons. The lowest BCUT2D eigenvalue weighted by Gasteiger charge is -2.25. The van der Waals surface area contributed by atoms with E-state index in [4.69, 9.17) is 0 Å². The number of nitrogens with zero attached hydrogens (tertiary/aromatic N) is 2. The van der Waals surface area contributed by atoms with Crippen molar-refractivity contribution in [2.24, 2.45) is 0 Å². The standard InChI is InChI=1S/C16H19BrFN3O/c1-9(2)14-13(17)15(20-19-14)16(22)21(4)10(3)11-7-5-6-8-12(11)18/h5-10H,1-4H3,(H,19,20). The molecule has 1 amide bonds. The van der Waals surface area contributed by atoms with E-state index in [1.54, 1.807) is 32.2 Å². The minimum absolute atomic E-state index is 0.220. The highest BCUT2D eigenvalue weighted by Gasteiger charge is 2.26. The van der Waals surface area contributed by atoms with Gasteiger partial charge in [0.25, 0.3) is 5.91 Å². The van der Waals surface area contributed by atoms with Gasteiger partial charge in [0.1, 0.15) is 5.82 Å². The summed E-state index contributed by atoms with van der Waals surface area (Å²) in [5, 5.41) is 6.98. The molecule has 0 fully saturated rings. The fourth-order valence-corrected chi connectivity index (χ4v) is 3.04. The van der Waals surface area contributed by atoms with E-state index in [-0.39, 0.29) is 23.7 Å². The Labute approximate surface area is 137 Å². The first-order valence-corrected chi connectivity index (χ1v) is 7.89. The van der Waals surface area contributed by atoms with Crippen molar-refractivity contribution < 1.29 is 9.18 Å². The van der Waals surface area contributed by atoms with Gasteiger partial charge in [0.2, 0.25) is 0 Å². The van der Waals surface area contributed by atoms with Crippen molar-refractivity contribution in [2.45, 2.75) is 32.7 Å². The molecule has 0 radical (unpaired) electrons. The molecule has 1 heterocycles. The van der Waals surface area contributed by atoms with Gasteiger partial charge in [-0.05, 0) is 34.8 Å². The van der Waals surface area contributed by atoms with Crippen LogP contribution < -0.4 is 0 Å². The Morgan fingerprint density at radius 3 is 2.50 bits per heavy atom. The van der Waals surface area contributed by atoms with Gasteiger partial charge in [-0.2, -0.15) is 5.10 Å². The summed E-state index contributed by atoms with van der Waals surface area (Å²) >= 11 is 3.43. The van der Waals surface area contributed by atoms with Crippen LogP contribution in [0.1, 0.15) is 54.5 Å². The van der Waals surface area contributed by atoms with E-state index < -0.39 is 0 Å². The lowest BCUT2D eigenvalue weighted by molar-refractivity contribution is 0.0733. The summed E-state index contributed by atoms with van der Waals surface area (Å²) in [6.45, 7) is 5.82. The Morgan fingerprint density at radius 1 is 1.32 bits per heavy atom. The Kier molecular flexibility index (Phi) is 5.01. The second-order valence-electron chi connectivity index (χ2n) is 5.57. The molecule has 1 atom stereocenters. The highest BCUT2D eigenvalue weighted by atomic mass is 79.9. The zero-order chi connectivity index (χ0) is 16.4. The van der Waals surface area contributed by atoms with Crippen LogP contribution in [-0.2, 0) is 0 Å². The third-order valence-electron chi connectivity index (χ3n) is 3.77. The van der Waals surface area contributed by atoms with E-state index in [9.17, 15) is 9.18 Å². The number of carbonyl (C=O) groups excluding carboxylic acids is 1. The van der Waals surface area contributed by atoms with Gasteiger partial charge >= 0.3 is 0 Å². The molecule has 1 aromatic carbocycles. The number of hydrogen-bond donors (Lipinski definition) is 1. The summed E-state index contributed by atoms with van der Waals surface area (Å²) in [4.78, 5) is 14.1. The van der Waals surface area contributed by atoms with Crippen molar-refractivity contribution in [2.75, 3.05) is 7.05 Å². The van der Waals surface area contributed by atoms with Gasteiger partial charge in [0.05, 0.1) is 16.2 Å². The van der Waals surface area contributed by atoms with E-state index in [0.29, 0.717) is 15.7 Å². The molecule has 22 heavy (non-hydrogen) atoms. The SMILES string of the molecule is CC(C)c1[nH]nc(C(=O)N(C)C(C)c2ccccc2F)c1Br. The highest BCUT2D eigenvalue weighted by Crippen LogP contribution is 2.28. The molecule has 0 aliphatic heterocycles. The van der Waals surface area contributed by atoms with Crippen molar-refractivity contribution >= 4 is 21.8 Å². The molecular weight excluding hydrogens is 349 g/mol. The lowest BCUT2D eigenvalue weighted by atomic mass is 10.1. The van der Waals surface area contributed by atoms with Gasteiger partial charge in [-0.15, -0.1) is 0 Å². The Balaban J connectivity index is 2.28. The first kappa shape index (κ1) is 16.7. The van der Waals surface area contributed by atoms with Gasteiger partial charge in [-0.1, -0.05) is 32.0 Å². The van der Waals surface area contributed by atoms with E-state index in [0.717, 1.165) is 5.69 Å². The minimum Gasteiger partial charge on any atom is -0.333 e. The number of aromatic amines is 1. The van der Waals surface area contributed by atoms with Crippen molar-refractivity contribution in [1.29, 1.82) is 0 Å². The van der Waals surface area contributed by atoms with Gasteiger partial charge in [-0.25, -0.2) is 4.39 Å². The quantitative estimate of drug-likeness (QED) is 0.876. The number of nitrogens with one attached hydrogen (secondary N) is 1. The number of carbonyl (C=O) groups is 1. The molecule has 0 aliphatic carbocycles. The summed E-state index contributed by atoms with van der Waals surface area (Å²) < 4.78 is 14.6. The molecule has 1 unspecified atom stereocenters. The fourth-order valence-electron chi connectivity index (χ4n) is 2.23. The molecule has 1 aromatic heterocycles. The van der Waals surface area contributed by atoms with E-state index in [1.807, 2.05) is 13.8 Å². The average molecular weight is 368 g/mol. The summed E-state index contributed by atoms with van der Waals surface area (Å²) in [7, 11) is 1.65. The number of amides is 1. The molecule has 4 nitrogen and oxygen atoms in total. The van der Waals surface area contributed by atoms with Crippen molar-refractivity contribution in [3.8, 4) is 0 Å². The zero-order valence-electron chi connectivity index (χ0n) is 13.0. The molecule has 0 saturated carbocycles. The number of benzene rings is 1. The number of H-pyrrole nitrogens is 1. The molecule has 0 aliphatic rings. The maximum Gasteiger partial charge on any atom is 0.275 e. The van der Waals surface area contributed by atoms with Crippen LogP contribution in [0, 0.1) is 5.82 Å². The Bertz CT molecular complexity index is 684. The van der Waals surface area contributed by atoms with Crippen LogP contribution in [-0.4, -0.2) is 28.1 Å². The van der Waals surface area contributed by atoms with Crippen LogP contribution in [0.2, 0.25) is 0 Å². The predicted octanol–water partition coefficient (Wildman–Crippen LogP) is 4.27. The third-order valence-corrected chi connectivity index (χ3v) is 4.57. The highest BCUT2D eigenvalue weighted by molar-refractivity contribution is 9.10. The molecule has 1 N–H and O–H groups in total. The molecular formula is C16H19BrFN3O. The number of halogens is 2. The van der Waals surface area contributed by atoms with Crippen LogP contribution in [0.25, 0.3) is 0 Å². The molecule has 2 aromatic rings. The van der Waals surface area contributed by atoms with Crippen molar-refractivity contribution in [3.63, 3.8) is 0 Å². The molecule has 0 saturated heterocycles. The van der Waals surface area contributed by atoms with Crippen LogP contribution in [0.15, 0.2) is 28.7 Å². The Morgan fingerprint density at radius 2 is 1.95 bits per heavy atom. The lowest BCUT2D eigenvalue weighted by Crippen LogP contribution is -2.30. The first-order chi connectivity index (χ1) is 10.3. The van der Waals surface area contributed by atoms with E-state index >= 15 is 0 Å². The van der Waals surface area contributed by atoms with Gasteiger partial charge in [0.15, 0.2) is 5.69 Å². The third kappa shape index (κ3) is 3.06. The largest absolute Gasteiger partial charge is 0.333 e.